The van der Waals surface area contributed by atoms with Crippen LogP contribution in [0, 0.1) is 0 Å². The number of pyridine rings is 1. The summed E-state index contributed by atoms with van der Waals surface area (Å²) in [5.74, 6) is -0.839. The highest BCUT2D eigenvalue weighted by molar-refractivity contribution is 6.46. The molecule has 8 heteroatoms. The predicted molar refractivity (Wildman–Crippen MR) is 131 cm³/mol. The highest BCUT2D eigenvalue weighted by atomic mass is 16.5. The van der Waals surface area contributed by atoms with Crippen molar-refractivity contribution in [3.63, 3.8) is 0 Å². The van der Waals surface area contributed by atoms with Crippen molar-refractivity contribution in [2.24, 2.45) is 0 Å². The number of rotatable bonds is 7. The zero-order chi connectivity index (χ0) is 24.4. The molecule has 1 unspecified atom stereocenters. The Bertz CT molecular complexity index is 1410. The van der Waals surface area contributed by atoms with Crippen LogP contribution in [0.1, 0.15) is 23.7 Å². The highest BCUT2D eigenvalue weighted by Gasteiger charge is 2.46. The Morgan fingerprint density at radius 1 is 1.03 bits per heavy atom. The Morgan fingerprint density at radius 3 is 2.60 bits per heavy atom. The lowest BCUT2D eigenvalue weighted by atomic mass is 9.97. The normalized spacial score (nSPS) is 17.3. The summed E-state index contributed by atoms with van der Waals surface area (Å²) in [5, 5.41) is 13.1. The number of hydrogen-bond donors (Lipinski definition) is 1. The first kappa shape index (κ1) is 22.3. The average Bonchev–Trinajstić information content (AvgIpc) is 3.50. The molecule has 5 rings (SSSR count). The molecule has 4 aromatic rings. The van der Waals surface area contributed by atoms with Crippen LogP contribution in [0.2, 0.25) is 0 Å². The van der Waals surface area contributed by atoms with Gasteiger partial charge in [-0.1, -0.05) is 24.3 Å². The maximum atomic E-state index is 13.2. The van der Waals surface area contributed by atoms with E-state index in [0.29, 0.717) is 30.8 Å². The molecule has 3 heterocycles. The van der Waals surface area contributed by atoms with Gasteiger partial charge in [-0.15, -0.1) is 0 Å². The van der Waals surface area contributed by atoms with Crippen LogP contribution in [0.15, 0.2) is 85.1 Å². The van der Waals surface area contributed by atoms with Crippen LogP contribution in [-0.2, 0) is 16.1 Å². The van der Waals surface area contributed by atoms with Gasteiger partial charge in [0.15, 0.2) is 0 Å². The summed E-state index contributed by atoms with van der Waals surface area (Å²) in [7, 11) is 1.60. The molecule has 1 aliphatic heterocycles. The average molecular weight is 469 g/mol. The number of carbonyl (C=O) groups is 2. The van der Waals surface area contributed by atoms with Gasteiger partial charge in [0.25, 0.3) is 11.7 Å². The van der Waals surface area contributed by atoms with Gasteiger partial charge in [0.1, 0.15) is 17.6 Å². The van der Waals surface area contributed by atoms with Crippen LogP contribution in [0.4, 0.5) is 0 Å². The molecule has 176 valence electrons. The molecular weight excluding hydrogens is 444 g/mol. The van der Waals surface area contributed by atoms with Gasteiger partial charge >= 0.3 is 0 Å². The number of aryl methyl sites for hydroxylation is 1. The third kappa shape index (κ3) is 4.26. The topological polar surface area (TPSA) is 97.6 Å². The Kier molecular flexibility index (Phi) is 6.01. The van der Waals surface area contributed by atoms with Crippen LogP contribution in [0.5, 0.6) is 5.75 Å². The molecule has 35 heavy (non-hydrogen) atoms. The van der Waals surface area contributed by atoms with Gasteiger partial charge in [-0.05, 0) is 47.5 Å². The number of aromatic nitrogens is 3. The van der Waals surface area contributed by atoms with Gasteiger partial charge in [0, 0.05) is 37.2 Å². The Morgan fingerprint density at radius 2 is 1.86 bits per heavy atom. The number of imidazole rings is 1. The van der Waals surface area contributed by atoms with Crippen molar-refractivity contribution in [1.82, 2.24) is 19.4 Å². The number of methoxy groups -OCH3 is 1. The number of aliphatic hydroxyl groups is 1. The van der Waals surface area contributed by atoms with Gasteiger partial charge in [-0.2, -0.15) is 0 Å². The van der Waals surface area contributed by atoms with Crippen molar-refractivity contribution >= 4 is 28.2 Å². The molecule has 0 saturated carbocycles. The second-order valence-corrected chi connectivity index (χ2v) is 8.33. The number of carbonyl (C=O) groups excluding carboxylic acids is 2. The number of nitrogens with zero attached hydrogens (tertiary/aromatic N) is 4. The SMILES string of the molecule is COc1ccc2cc(/C(O)=C3\C(=O)C(=O)N(CCCn4ccnc4)C3c3ccccn3)ccc2c1. The van der Waals surface area contributed by atoms with Gasteiger partial charge in [0.2, 0.25) is 0 Å². The number of Topliss-reactive ketones (excluding diaryl/α,β-unsaturated/α-hetero) is 1. The van der Waals surface area contributed by atoms with Crippen molar-refractivity contribution < 1.29 is 19.4 Å². The fourth-order valence-corrected chi connectivity index (χ4v) is 4.45. The molecule has 2 aromatic heterocycles. The van der Waals surface area contributed by atoms with Crippen LogP contribution in [0.25, 0.3) is 16.5 Å². The van der Waals surface area contributed by atoms with E-state index in [9.17, 15) is 14.7 Å². The predicted octanol–water partition coefficient (Wildman–Crippen LogP) is 3.95. The van der Waals surface area contributed by atoms with Gasteiger partial charge in [0.05, 0.1) is 24.7 Å². The minimum Gasteiger partial charge on any atom is -0.507 e. The standard InChI is InChI=1S/C27H24N4O4/c1-35-21-9-8-18-15-20(7-6-19(18)16-21)25(32)23-24(22-5-2-3-10-29-22)31(27(34)26(23)33)13-4-12-30-14-11-28-17-30/h2-3,5-11,14-17,24,32H,4,12-13H2,1H3/b25-23+. The van der Waals surface area contributed by atoms with E-state index in [2.05, 4.69) is 9.97 Å². The first-order valence-electron chi connectivity index (χ1n) is 11.3. The molecule has 1 saturated heterocycles. The van der Waals surface area contributed by atoms with E-state index in [-0.39, 0.29) is 11.3 Å². The third-order valence-corrected chi connectivity index (χ3v) is 6.20. The van der Waals surface area contributed by atoms with Crippen molar-refractivity contribution in [3.8, 4) is 5.75 Å². The summed E-state index contributed by atoms with van der Waals surface area (Å²) in [5.41, 5.74) is 1.03. The molecular formula is C27H24N4O4. The second-order valence-electron chi connectivity index (χ2n) is 8.33. The number of fused-ring (bicyclic) bond motifs is 1. The van der Waals surface area contributed by atoms with Crippen LogP contribution < -0.4 is 4.74 Å². The first-order valence-corrected chi connectivity index (χ1v) is 11.3. The molecule has 0 radical (unpaired) electrons. The van der Waals surface area contributed by atoms with E-state index in [1.165, 1.54) is 4.90 Å². The van der Waals surface area contributed by atoms with Crippen LogP contribution in [-0.4, -0.2) is 49.9 Å². The lowest BCUT2D eigenvalue weighted by molar-refractivity contribution is -0.140. The zero-order valence-electron chi connectivity index (χ0n) is 19.2. The summed E-state index contributed by atoms with van der Waals surface area (Å²) in [4.78, 5) is 36.2. The number of aliphatic hydroxyl groups excluding tert-OH is 1. The molecule has 1 fully saturated rings. The molecule has 0 bridgehead atoms. The number of amides is 1. The number of ether oxygens (including phenoxy) is 1. The van der Waals surface area contributed by atoms with Gasteiger partial charge in [-0.3, -0.25) is 14.6 Å². The molecule has 1 aliphatic rings. The van der Waals surface area contributed by atoms with Crippen LogP contribution >= 0.6 is 0 Å². The second kappa shape index (κ2) is 9.42. The van der Waals surface area contributed by atoms with E-state index < -0.39 is 17.7 Å². The summed E-state index contributed by atoms with van der Waals surface area (Å²) in [6.45, 7) is 0.977. The van der Waals surface area contributed by atoms with Crippen molar-refractivity contribution in [2.45, 2.75) is 19.0 Å². The largest absolute Gasteiger partial charge is 0.507 e. The highest BCUT2D eigenvalue weighted by Crippen LogP contribution is 2.39. The third-order valence-electron chi connectivity index (χ3n) is 6.20. The van der Waals surface area contributed by atoms with E-state index in [1.807, 2.05) is 35.0 Å². The quantitative estimate of drug-likeness (QED) is 0.251. The lowest BCUT2D eigenvalue weighted by Gasteiger charge is -2.24. The van der Waals surface area contributed by atoms with E-state index in [4.69, 9.17) is 4.74 Å². The van der Waals surface area contributed by atoms with Crippen molar-refractivity contribution in [3.05, 3.63) is 96.3 Å². The molecule has 8 nitrogen and oxygen atoms in total. The van der Waals surface area contributed by atoms with Gasteiger partial charge in [-0.25, -0.2) is 4.98 Å². The minimum absolute atomic E-state index is 0.0455. The van der Waals surface area contributed by atoms with Crippen molar-refractivity contribution in [1.29, 1.82) is 0 Å². The molecule has 2 aromatic carbocycles. The molecule has 1 atom stereocenters. The molecule has 0 spiro atoms. The van der Waals surface area contributed by atoms with Crippen LogP contribution in [0.3, 0.4) is 0 Å². The monoisotopic (exact) mass is 468 g/mol. The zero-order valence-corrected chi connectivity index (χ0v) is 19.2. The summed E-state index contributed by atoms with van der Waals surface area (Å²) in [6.07, 6.45) is 7.48. The van der Waals surface area contributed by atoms with E-state index >= 15 is 0 Å². The smallest absolute Gasteiger partial charge is 0.295 e. The van der Waals surface area contributed by atoms with E-state index in [0.717, 1.165) is 16.5 Å². The van der Waals surface area contributed by atoms with Gasteiger partial charge < -0.3 is 19.3 Å². The van der Waals surface area contributed by atoms with Crippen molar-refractivity contribution in [2.75, 3.05) is 13.7 Å². The summed E-state index contributed by atoms with van der Waals surface area (Å²) < 4.78 is 7.19. The number of hydrogen-bond acceptors (Lipinski definition) is 6. The maximum absolute atomic E-state index is 13.2. The summed E-state index contributed by atoms with van der Waals surface area (Å²) >= 11 is 0. The molecule has 1 N–H and O–H groups in total. The number of ketones is 1. The Labute approximate surface area is 202 Å². The molecule has 1 amide bonds. The lowest BCUT2D eigenvalue weighted by Crippen LogP contribution is -2.31. The fourth-order valence-electron chi connectivity index (χ4n) is 4.45. The number of likely N-dealkylation sites (tertiary alicyclic amines) is 1. The first-order chi connectivity index (χ1) is 17.1. The minimum atomic E-state index is -0.773. The maximum Gasteiger partial charge on any atom is 0.295 e. The number of benzene rings is 2. The fraction of sp³-hybridized carbons (Fsp3) is 0.185. The Hall–Kier alpha value is -4.46. The molecule has 0 aliphatic carbocycles. The van der Waals surface area contributed by atoms with E-state index in [1.54, 1.807) is 56.2 Å². The Balaban J connectivity index is 1.54. The summed E-state index contributed by atoms with van der Waals surface area (Å²) in [6, 6.07) is 15.6.